The van der Waals surface area contributed by atoms with Crippen LogP contribution in [0.15, 0.2) is 0 Å². The molecule has 0 saturated heterocycles. The van der Waals surface area contributed by atoms with Gasteiger partial charge in [-0.25, -0.2) is 0 Å². The van der Waals surface area contributed by atoms with Crippen molar-refractivity contribution in [2.24, 2.45) is 0 Å². The summed E-state index contributed by atoms with van der Waals surface area (Å²) in [6.45, 7) is 10.6. The summed E-state index contributed by atoms with van der Waals surface area (Å²) >= 11 is 0. The predicted octanol–water partition coefficient (Wildman–Crippen LogP) is 1.46. The molecule has 0 bridgehead atoms. The Morgan fingerprint density at radius 2 is 1.55 bits per heavy atom. The highest BCUT2D eigenvalue weighted by Gasteiger charge is 1.99. The zero-order chi connectivity index (χ0) is 8.53. The molecule has 0 aromatic carbocycles. The van der Waals surface area contributed by atoms with E-state index in [-0.39, 0.29) is 0 Å². The van der Waals surface area contributed by atoms with Gasteiger partial charge in [-0.2, -0.15) is 0 Å². The number of ether oxygens (including phenoxy) is 2. The first kappa shape index (κ1) is 10.9. The van der Waals surface area contributed by atoms with Crippen molar-refractivity contribution in [3.8, 4) is 0 Å². The quantitative estimate of drug-likeness (QED) is 0.526. The average Bonchev–Trinajstić information content (AvgIpc) is 2.05. The summed E-state index contributed by atoms with van der Waals surface area (Å²) in [7, 11) is 0. The lowest BCUT2D eigenvalue weighted by molar-refractivity contribution is -0.0218. The van der Waals surface area contributed by atoms with Gasteiger partial charge in [-0.15, -0.1) is 0 Å². The Labute approximate surface area is 69.3 Å². The Hall–Kier alpha value is -0.120. The zero-order valence-electron chi connectivity index (χ0n) is 7.67. The molecule has 67 valence electrons. The van der Waals surface area contributed by atoms with Crippen LogP contribution in [-0.4, -0.2) is 31.6 Å². The highest BCUT2D eigenvalue weighted by molar-refractivity contribution is 4.53. The first-order valence-electron chi connectivity index (χ1n) is 4.04. The molecule has 3 heteroatoms. The number of rotatable bonds is 7. The summed E-state index contributed by atoms with van der Waals surface area (Å²) in [5.41, 5.74) is 0. The minimum atomic E-state index is 0.618. The summed E-state index contributed by atoms with van der Waals surface area (Å²) in [6.07, 6.45) is 0. The summed E-state index contributed by atoms with van der Waals surface area (Å²) in [5, 5.41) is 0. The van der Waals surface area contributed by atoms with Crippen molar-refractivity contribution >= 4 is 0 Å². The van der Waals surface area contributed by atoms with Gasteiger partial charge in [0.05, 0.1) is 0 Å². The minimum Gasteiger partial charge on any atom is -0.366 e. The SMILES string of the molecule is C[CH]N(COCC)COCC. The largest absolute Gasteiger partial charge is 0.366 e. The van der Waals surface area contributed by atoms with Crippen molar-refractivity contribution < 1.29 is 9.47 Å². The first-order valence-corrected chi connectivity index (χ1v) is 4.04. The number of hydrogen-bond donors (Lipinski definition) is 0. The van der Waals surface area contributed by atoms with Crippen molar-refractivity contribution in [1.29, 1.82) is 0 Å². The maximum atomic E-state index is 5.20. The van der Waals surface area contributed by atoms with Gasteiger partial charge in [-0.3, -0.25) is 4.90 Å². The van der Waals surface area contributed by atoms with Crippen LogP contribution in [0.2, 0.25) is 0 Å². The van der Waals surface area contributed by atoms with E-state index in [0.29, 0.717) is 13.5 Å². The monoisotopic (exact) mass is 160 g/mol. The van der Waals surface area contributed by atoms with E-state index >= 15 is 0 Å². The van der Waals surface area contributed by atoms with E-state index in [0.717, 1.165) is 13.2 Å². The second-order valence-corrected chi connectivity index (χ2v) is 2.09. The molecule has 0 saturated carbocycles. The molecule has 11 heavy (non-hydrogen) atoms. The smallest absolute Gasteiger partial charge is 0.101 e. The molecular formula is C8H18NO2. The van der Waals surface area contributed by atoms with E-state index in [1.807, 2.05) is 32.2 Å². The molecule has 0 unspecified atom stereocenters. The Bertz CT molecular complexity index is 70.5. The fraction of sp³-hybridized carbons (Fsp3) is 0.875. The minimum absolute atomic E-state index is 0.618. The second kappa shape index (κ2) is 7.98. The van der Waals surface area contributed by atoms with Gasteiger partial charge >= 0.3 is 0 Å². The molecule has 1 radical (unpaired) electrons. The molecule has 0 atom stereocenters. The van der Waals surface area contributed by atoms with Crippen molar-refractivity contribution in [3.63, 3.8) is 0 Å². The molecule has 0 aromatic heterocycles. The molecule has 0 spiro atoms. The van der Waals surface area contributed by atoms with Crippen LogP contribution in [-0.2, 0) is 9.47 Å². The lowest BCUT2D eigenvalue weighted by Gasteiger charge is -2.18. The maximum Gasteiger partial charge on any atom is 0.101 e. The van der Waals surface area contributed by atoms with E-state index in [2.05, 4.69) is 0 Å². The van der Waals surface area contributed by atoms with Crippen LogP contribution in [0.25, 0.3) is 0 Å². The second-order valence-electron chi connectivity index (χ2n) is 2.09. The lowest BCUT2D eigenvalue weighted by Crippen LogP contribution is -2.25. The van der Waals surface area contributed by atoms with Gasteiger partial charge in [0.25, 0.3) is 0 Å². The van der Waals surface area contributed by atoms with Crippen LogP contribution < -0.4 is 0 Å². The number of hydrogen-bond acceptors (Lipinski definition) is 3. The summed E-state index contributed by atoms with van der Waals surface area (Å²) in [4.78, 5) is 1.98. The van der Waals surface area contributed by atoms with Gasteiger partial charge in [0.1, 0.15) is 13.5 Å². The lowest BCUT2D eigenvalue weighted by atomic mass is 10.6. The Morgan fingerprint density at radius 3 is 1.82 bits per heavy atom. The van der Waals surface area contributed by atoms with Crippen LogP contribution in [0.5, 0.6) is 0 Å². The normalized spacial score (nSPS) is 10.9. The molecule has 0 amide bonds. The fourth-order valence-electron chi connectivity index (χ4n) is 0.603. The highest BCUT2D eigenvalue weighted by Crippen LogP contribution is 1.92. The van der Waals surface area contributed by atoms with Gasteiger partial charge in [-0.05, 0) is 20.8 Å². The Balaban J connectivity index is 3.25. The van der Waals surface area contributed by atoms with Crippen molar-refractivity contribution in [2.45, 2.75) is 20.8 Å². The van der Waals surface area contributed by atoms with Crippen molar-refractivity contribution in [2.75, 3.05) is 26.7 Å². The van der Waals surface area contributed by atoms with Gasteiger partial charge in [0.2, 0.25) is 0 Å². The standard InChI is InChI=1S/C8H18NO2/c1-4-9(7-10-5-2)8-11-6-3/h4H,5-8H2,1-3H3. The topological polar surface area (TPSA) is 21.7 Å². The summed E-state index contributed by atoms with van der Waals surface area (Å²) < 4.78 is 10.4. The van der Waals surface area contributed by atoms with E-state index in [1.54, 1.807) is 0 Å². The van der Waals surface area contributed by atoms with E-state index in [4.69, 9.17) is 9.47 Å². The molecule has 0 aromatic rings. The molecule has 0 aliphatic heterocycles. The van der Waals surface area contributed by atoms with Crippen LogP contribution >= 0.6 is 0 Å². The highest BCUT2D eigenvalue weighted by atomic mass is 16.5. The molecule has 0 aliphatic rings. The molecular weight excluding hydrogens is 142 g/mol. The van der Waals surface area contributed by atoms with Crippen molar-refractivity contribution in [3.05, 3.63) is 6.54 Å². The molecule has 0 fully saturated rings. The molecule has 3 nitrogen and oxygen atoms in total. The molecule has 0 heterocycles. The Morgan fingerprint density at radius 1 is 1.09 bits per heavy atom. The summed E-state index contributed by atoms with van der Waals surface area (Å²) in [6, 6.07) is 0. The number of nitrogens with zero attached hydrogens (tertiary/aromatic N) is 1. The average molecular weight is 160 g/mol. The third-order valence-corrected chi connectivity index (χ3v) is 1.29. The molecule has 0 N–H and O–H groups in total. The van der Waals surface area contributed by atoms with Gasteiger partial charge in [-0.1, -0.05) is 0 Å². The zero-order valence-corrected chi connectivity index (χ0v) is 7.67. The first-order chi connectivity index (χ1) is 5.35. The van der Waals surface area contributed by atoms with Gasteiger partial charge < -0.3 is 9.47 Å². The maximum absolute atomic E-state index is 5.20. The van der Waals surface area contributed by atoms with Crippen LogP contribution in [0.4, 0.5) is 0 Å². The Kier molecular flexibility index (Phi) is 7.89. The van der Waals surface area contributed by atoms with Gasteiger partial charge in [0.15, 0.2) is 0 Å². The van der Waals surface area contributed by atoms with Crippen LogP contribution in [0.1, 0.15) is 20.8 Å². The van der Waals surface area contributed by atoms with Gasteiger partial charge in [0, 0.05) is 19.8 Å². The molecule has 0 rings (SSSR count). The van der Waals surface area contributed by atoms with E-state index in [9.17, 15) is 0 Å². The van der Waals surface area contributed by atoms with Crippen LogP contribution in [0.3, 0.4) is 0 Å². The van der Waals surface area contributed by atoms with E-state index in [1.165, 1.54) is 0 Å². The van der Waals surface area contributed by atoms with Crippen molar-refractivity contribution in [1.82, 2.24) is 4.90 Å². The third-order valence-electron chi connectivity index (χ3n) is 1.29. The third kappa shape index (κ3) is 6.28. The molecule has 0 aliphatic carbocycles. The van der Waals surface area contributed by atoms with Crippen LogP contribution in [0, 0.1) is 6.54 Å². The van der Waals surface area contributed by atoms with E-state index < -0.39 is 0 Å². The predicted molar refractivity (Wildman–Crippen MR) is 44.8 cm³/mol. The fourth-order valence-corrected chi connectivity index (χ4v) is 0.603. The summed E-state index contributed by atoms with van der Waals surface area (Å²) in [5.74, 6) is 0.